The predicted molar refractivity (Wildman–Crippen MR) is 140 cm³/mol. The highest BCUT2D eigenvalue weighted by atomic mass is 32.1. The summed E-state index contributed by atoms with van der Waals surface area (Å²) in [5.41, 5.74) is 2.25. The van der Waals surface area contributed by atoms with Crippen molar-refractivity contribution in [1.29, 1.82) is 0 Å². The summed E-state index contributed by atoms with van der Waals surface area (Å²) in [5, 5.41) is 6.47. The van der Waals surface area contributed by atoms with E-state index < -0.39 is 6.03 Å². The highest BCUT2D eigenvalue weighted by Gasteiger charge is 2.33. The van der Waals surface area contributed by atoms with Gasteiger partial charge in [-0.05, 0) is 43.9 Å². The summed E-state index contributed by atoms with van der Waals surface area (Å²) < 4.78 is 5.84. The van der Waals surface area contributed by atoms with Gasteiger partial charge in [-0.2, -0.15) is 0 Å². The monoisotopic (exact) mass is 516 g/mol. The average molecular weight is 517 g/mol. The quantitative estimate of drug-likeness (QED) is 0.471. The summed E-state index contributed by atoms with van der Waals surface area (Å²) in [7, 11) is 0. The van der Waals surface area contributed by atoms with Crippen molar-refractivity contribution in [3.8, 4) is 5.88 Å². The number of rotatable bonds is 6. The van der Waals surface area contributed by atoms with Gasteiger partial charge in [0.2, 0.25) is 11.8 Å². The molecular weight excluding hydrogens is 492 g/mol. The molecule has 11 heteroatoms. The fourth-order valence-electron chi connectivity index (χ4n) is 4.59. The van der Waals surface area contributed by atoms with Crippen LogP contribution in [0, 0.1) is 0 Å². The molecule has 0 unspecified atom stereocenters. The summed E-state index contributed by atoms with van der Waals surface area (Å²) in [6, 6.07) is 4.91. The Kier molecular flexibility index (Phi) is 5.84. The SMILES string of the molecule is C=CC(=O)N1CCC=C(NC(=O)c2sc3nccc4c3c2NC(=O)N4c2ccc(OC3CCC3)nc2)C1. The van der Waals surface area contributed by atoms with Gasteiger partial charge in [0.05, 0.1) is 35.2 Å². The summed E-state index contributed by atoms with van der Waals surface area (Å²) >= 11 is 1.20. The third kappa shape index (κ3) is 4.20. The number of pyridine rings is 2. The van der Waals surface area contributed by atoms with Gasteiger partial charge in [-0.1, -0.05) is 12.7 Å². The lowest BCUT2D eigenvalue weighted by molar-refractivity contribution is -0.125. The molecule has 0 saturated heterocycles. The van der Waals surface area contributed by atoms with Crippen LogP contribution in [0.2, 0.25) is 0 Å². The van der Waals surface area contributed by atoms with E-state index in [1.54, 1.807) is 35.5 Å². The molecule has 0 radical (unpaired) electrons. The van der Waals surface area contributed by atoms with Crippen molar-refractivity contribution in [3.63, 3.8) is 0 Å². The Labute approximate surface area is 216 Å². The Bertz CT molecular complexity index is 1460. The van der Waals surface area contributed by atoms with E-state index in [0.717, 1.165) is 12.8 Å². The summed E-state index contributed by atoms with van der Waals surface area (Å²) in [4.78, 5) is 51.5. The average Bonchev–Trinajstić information content (AvgIpc) is 3.26. The standard InChI is InChI=1S/C26H24N6O4S/c1-2-20(33)31-12-4-5-15(14-31)29-24(34)23-22-21-18(10-11-27-25(21)37-23)32(26(35)30-22)16-8-9-19(28-13-16)36-17-6-3-7-17/h2,5,8-11,13,17H,1,3-4,6-7,12,14H2,(H,29,34)(H,30,35). The van der Waals surface area contributed by atoms with E-state index in [9.17, 15) is 14.4 Å². The molecular formula is C26H24N6O4S. The normalized spacial score (nSPS) is 17.1. The molecule has 3 aromatic rings. The number of thiophene rings is 1. The largest absolute Gasteiger partial charge is 0.474 e. The second-order valence-electron chi connectivity index (χ2n) is 9.04. The number of nitrogens with one attached hydrogen (secondary N) is 2. The van der Waals surface area contributed by atoms with Gasteiger partial charge in [-0.3, -0.25) is 14.5 Å². The molecule has 6 rings (SSSR count). The fraction of sp³-hybridized carbons (Fsp3) is 0.269. The molecule has 2 aliphatic heterocycles. The number of carbonyl (C=O) groups is 3. The Morgan fingerprint density at radius 2 is 2.11 bits per heavy atom. The van der Waals surface area contributed by atoms with Crippen molar-refractivity contribution in [3.05, 3.63) is 59.9 Å². The minimum absolute atomic E-state index is 0.185. The number of amides is 4. The maximum atomic E-state index is 13.3. The second kappa shape index (κ2) is 9.32. The van der Waals surface area contributed by atoms with Crippen LogP contribution in [0.5, 0.6) is 5.88 Å². The molecule has 188 valence electrons. The Hall–Kier alpha value is -4.25. The smallest absolute Gasteiger partial charge is 0.331 e. The summed E-state index contributed by atoms with van der Waals surface area (Å²) in [6.45, 7) is 4.38. The van der Waals surface area contributed by atoms with Gasteiger partial charge in [-0.25, -0.2) is 14.8 Å². The topological polar surface area (TPSA) is 117 Å². The molecule has 0 spiro atoms. The van der Waals surface area contributed by atoms with Crippen molar-refractivity contribution >= 4 is 56.5 Å². The maximum Gasteiger partial charge on any atom is 0.331 e. The van der Waals surface area contributed by atoms with Gasteiger partial charge in [0.25, 0.3) is 5.91 Å². The van der Waals surface area contributed by atoms with Crippen LogP contribution >= 0.6 is 11.3 Å². The molecule has 1 fully saturated rings. The summed E-state index contributed by atoms with van der Waals surface area (Å²) in [5.74, 6) is -0.0163. The third-order valence-electron chi connectivity index (χ3n) is 6.68. The zero-order chi connectivity index (χ0) is 25.5. The number of hydrogen-bond donors (Lipinski definition) is 2. The van der Waals surface area contributed by atoms with Crippen molar-refractivity contribution in [2.24, 2.45) is 0 Å². The molecule has 4 amide bonds. The van der Waals surface area contributed by atoms with E-state index in [1.165, 1.54) is 28.7 Å². The van der Waals surface area contributed by atoms with E-state index in [4.69, 9.17) is 4.74 Å². The van der Waals surface area contributed by atoms with Crippen LogP contribution < -0.4 is 20.3 Å². The molecule has 0 bridgehead atoms. The zero-order valence-electron chi connectivity index (χ0n) is 19.9. The molecule has 37 heavy (non-hydrogen) atoms. The molecule has 3 aromatic heterocycles. The first-order valence-electron chi connectivity index (χ1n) is 12.1. The van der Waals surface area contributed by atoms with E-state index in [0.29, 0.717) is 56.7 Å². The van der Waals surface area contributed by atoms with Crippen LogP contribution in [-0.2, 0) is 4.79 Å². The first-order chi connectivity index (χ1) is 18.0. The van der Waals surface area contributed by atoms with Crippen LogP contribution in [0.3, 0.4) is 0 Å². The minimum Gasteiger partial charge on any atom is -0.474 e. The van der Waals surface area contributed by atoms with Gasteiger partial charge in [0, 0.05) is 24.5 Å². The lowest BCUT2D eigenvalue weighted by atomic mass is 9.96. The molecule has 3 aliphatic rings. The molecule has 1 aliphatic carbocycles. The van der Waals surface area contributed by atoms with Crippen LogP contribution in [0.15, 0.2) is 55.0 Å². The number of urea groups is 1. The van der Waals surface area contributed by atoms with E-state index in [2.05, 4.69) is 27.2 Å². The van der Waals surface area contributed by atoms with E-state index in [1.807, 2.05) is 6.08 Å². The zero-order valence-corrected chi connectivity index (χ0v) is 20.7. The molecule has 2 N–H and O–H groups in total. The van der Waals surface area contributed by atoms with Crippen molar-refractivity contribution in [1.82, 2.24) is 20.2 Å². The number of carbonyl (C=O) groups excluding carboxylic acids is 3. The second-order valence-corrected chi connectivity index (χ2v) is 10.0. The number of aromatic nitrogens is 2. The Balaban J connectivity index is 1.28. The number of nitrogens with zero attached hydrogens (tertiary/aromatic N) is 4. The Morgan fingerprint density at radius 1 is 1.24 bits per heavy atom. The van der Waals surface area contributed by atoms with Crippen molar-refractivity contribution in [2.75, 3.05) is 23.3 Å². The van der Waals surface area contributed by atoms with Crippen LogP contribution in [-0.4, -0.2) is 51.9 Å². The van der Waals surface area contributed by atoms with Gasteiger partial charge in [0.15, 0.2) is 0 Å². The maximum absolute atomic E-state index is 13.3. The van der Waals surface area contributed by atoms with Crippen molar-refractivity contribution < 1.29 is 19.1 Å². The van der Waals surface area contributed by atoms with E-state index >= 15 is 0 Å². The number of anilines is 3. The van der Waals surface area contributed by atoms with Crippen LogP contribution in [0.1, 0.15) is 35.4 Å². The van der Waals surface area contributed by atoms with Gasteiger partial charge in [-0.15, -0.1) is 11.3 Å². The molecule has 5 heterocycles. The number of hydrogen-bond acceptors (Lipinski definition) is 7. The number of ether oxygens (including phenoxy) is 1. The molecule has 0 atom stereocenters. The molecule has 0 aromatic carbocycles. The molecule has 10 nitrogen and oxygen atoms in total. The lowest BCUT2D eigenvalue weighted by Crippen LogP contribution is -2.39. The van der Waals surface area contributed by atoms with Gasteiger partial charge < -0.3 is 20.3 Å². The highest BCUT2D eigenvalue weighted by Crippen LogP contribution is 2.45. The summed E-state index contributed by atoms with van der Waals surface area (Å²) in [6.07, 6.45) is 10.5. The Morgan fingerprint density at radius 3 is 2.84 bits per heavy atom. The third-order valence-corrected chi connectivity index (χ3v) is 7.78. The lowest BCUT2D eigenvalue weighted by Gasteiger charge is -2.29. The highest BCUT2D eigenvalue weighted by molar-refractivity contribution is 7.21. The fourth-order valence-corrected chi connectivity index (χ4v) is 5.60. The minimum atomic E-state index is -0.401. The van der Waals surface area contributed by atoms with E-state index in [-0.39, 0.29) is 24.5 Å². The van der Waals surface area contributed by atoms with Crippen molar-refractivity contribution in [2.45, 2.75) is 31.8 Å². The van der Waals surface area contributed by atoms with Gasteiger partial charge in [0.1, 0.15) is 15.8 Å². The van der Waals surface area contributed by atoms with Crippen LogP contribution in [0.4, 0.5) is 21.9 Å². The van der Waals surface area contributed by atoms with Crippen LogP contribution in [0.25, 0.3) is 10.2 Å². The predicted octanol–water partition coefficient (Wildman–Crippen LogP) is 4.34. The first kappa shape index (κ1) is 23.2. The van der Waals surface area contributed by atoms with Gasteiger partial charge >= 0.3 is 6.03 Å². The first-order valence-corrected chi connectivity index (χ1v) is 12.9. The molecule has 1 saturated carbocycles.